The Labute approximate surface area is 218 Å². The Balaban J connectivity index is 0.000000411. The number of nitrogens with zero attached hydrogens (tertiary/aromatic N) is 2. The van der Waals surface area contributed by atoms with Gasteiger partial charge < -0.3 is 11.1 Å². The molecule has 0 unspecified atom stereocenters. The van der Waals surface area contributed by atoms with Crippen LogP contribution in [0.2, 0.25) is 0 Å². The molecular weight excluding hydrogens is 477 g/mol. The third-order valence-corrected chi connectivity index (χ3v) is 5.88. The predicted molar refractivity (Wildman–Crippen MR) is 146 cm³/mol. The smallest absolute Gasteiger partial charge is 0.383 e. The van der Waals surface area contributed by atoms with Gasteiger partial charge in [0.2, 0.25) is 0 Å². The van der Waals surface area contributed by atoms with E-state index in [2.05, 4.69) is 16.8 Å². The van der Waals surface area contributed by atoms with Gasteiger partial charge in [-0.25, -0.2) is 4.98 Å². The summed E-state index contributed by atoms with van der Waals surface area (Å²) >= 11 is 0. The van der Waals surface area contributed by atoms with E-state index in [1.165, 1.54) is 29.5 Å². The number of rotatable bonds is 6. The van der Waals surface area contributed by atoms with Crippen LogP contribution in [0.25, 0.3) is 0 Å². The first kappa shape index (κ1) is 31.8. The summed E-state index contributed by atoms with van der Waals surface area (Å²) in [4.78, 5) is 18.2. The van der Waals surface area contributed by atoms with Gasteiger partial charge in [-0.15, -0.1) is 0 Å². The Bertz CT molecular complexity index is 1120. The van der Waals surface area contributed by atoms with Crippen LogP contribution in [0.3, 0.4) is 0 Å². The standard InChI is InChI=1S/C18H24N4O.C9H9F3.C2H6/c1-4-16(13(3)23)17-5-6-22(10-12(17)2)11-14-7-15(8-19)18(20)21-9-14;1-2-7-4-3-5-8(6-7)9(10,11)12;1-2/h4,7-9,19H,5-6,10-11H2,1-3H3,(H2,20,21);3-6H,2H2,1H3;1-2H3/b16-4-,19-8?;;. The number of nitrogens with one attached hydrogen (secondary N) is 1. The summed E-state index contributed by atoms with van der Waals surface area (Å²) in [5, 5.41) is 7.36. The first-order valence-corrected chi connectivity index (χ1v) is 12.5. The topological polar surface area (TPSA) is 83.1 Å². The minimum atomic E-state index is -4.22. The number of aromatic nitrogens is 1. The Morgan fingerprint density at radius 2 is 1.89 bits per heavy atom. The molecule has 1 aromatic heterocycles. The molecule has 0 amide bonds. The molecule has 0 fully saturated rings. The zero-order chi connectivity index (χ0) is 28.2. The Kier molecular flexibility index (Phi) is 13.0. The highest BCUT2D eigenvalue weighted by Crippen LogP contribution is 2.29. The lowest BCUT2D eigenvalue weighted by molar-refractivity contribution is -0.137. The molecule has 1 aliphatic rings. The third-order valence-electron chi connectivity index (χ3n) is 5.88. The van der Waals surface area contributed by atoms with Crippen molar-refractivity contribution in [2.45, 2.75) is 67.1 Å². The molecule has 1 aliphatic heterocycles. The van der Waals surface area contributed by atoms with Crippen molar-refractivity contribution in [3.63, 3.8) is 0 Å². The number of halogens is 3. The number of aryl methyl sites for hydroxylation is 1. The highest BCUT2D eigenvalue weighted by atomic mass is 19.4. The summed E-state index contributed by atoms with van der Waals surface area (Å²) in [5.41, 5.74) is 10.9. The van der Waals surface area contributed by atoms with Gasteiger partial charge in [0, 0.05) is 43.2 Å². The average molecular weight is 517 g/mol. The molecule has 3 N–H and O–H groups in total. The molecule has 5 nitrogen and oxygen atoms in total. The zero-order valence-electron chi connectivity index (χ0n) is 22.7. The number of benzene rings is 1. The number of hydrogen-bond acceptors (Lipinski definition) is 5. The first-order valence-electron chi connectivity index (χ1n) is 12.5. The number of carbonyl (C=O) groups excluding carboxylic acids is 1. The molecular formula is C29H39F3N4O. The van der Waals surface area contributed by atoms with Crippen molar-refractivity contribution in [3.8, 4) is 0 Å². The van der Waals surface area contributed by atoms with Gasteiger partial charge in [-0.3, -0.25) is 9.69 Å². The van der Waals surface area contributed by atoms with Crippen LogP contribution >= 0.6 is 0 Å². The van der Waals surface area contributed by atoms with Gasteiger partial charge in [-0.2, -0.15) is 13.2 Å². The summed E-state index contributed by atoms with van der Waals surface area (Å²) in [6, 6.07) is 7.30. The molecule has 8 heteroatoms. The minimum Gasteiger partial charge on any atom is -0.383 e. The van der Waals surface area contributed by atoms with Crippen molar-refractivity contribution in [3.05, 3.63) is 81.6 Å². The van der Waals surface area contributed by atoms with Gasteiger partial charge >= 0.3 is 6.18 Å². The molecule has 202 valence electrons. The van der Waals surface area contributed by atoms with Gasteiger partial charge in [0.15, 0.2) is 5.78 Å². The minimum absolute atomic E-state index is 0.133. The number of Topliss-reactive ketones (excluding diaryl/α,β-unsaturated/α-hetero) is 1. The first-order chi connectivity index (χ1) is 17.5. The van der Waals surface area contributed by atoms with Gasteiger partial charge in [-0.1, -0.05) is 50.6 Å². The largest absolute Gasteiger partial charge is 0.416 e. The molecule has 0 bridgehead atoms. The lowest BCUT2D eigenvalue weighted by Gasteiger charge is -2.30. The number of hydrogen-bond donors (Lipinski definition) is 2. The molecule has 37 heavy (non-hydrogen) atoms. The van der Waals surface area contributed by atoms with E-state index in [9.17, 15) is 18.0 Å². The lowest BCUT2D eigenvalue weighted by Crippen LogP contribution is -2.31. The van der Waals surface area contributed by atoms with Crippen molar-refractivity contribution < 1.29 is 18.0 Å². The van der Waals surface area contributed by atoms with E-state index < -0.39 is 11.7 Å². The van der Waals surface area contributed by atoms with Crippen LogP contribution in [0.15, 0.2) is 59.3 Å². The summed E-state index contributed by atoms with van der Waals surface area (Å²) in [7, 11) is 0. The summed E-state index contributed by atoms with van der Waals surface area (Å²) in [6.45, 7) is 14.0. The van der Waals surface area contributed by atoms with E-state index in [4.69, 9.17) is 11.1 Å². The van der Waals surface area contributed by atoms with Gasteiger partial charge in [0.25, 0.3) is 0 Å². The average Bonchev–Trinajstić information content (AvgIpc) is 2.88. The van der Waals surface area contributed by atoms with Crippen LogP contribution < -0.4 is 5.73 Å². The molecule has 0 aliphatic carbocycles. The van der Waals surface area contributed by atoms with Gasteiger partial charge in [0.05, 0.1) is 5.56 Å². The normalized spacial score (nSPS) is 14.2. The second-order valence-electron chi connectivity index (χ2n) is 8.49. The molecule has 0 spiro atoms. The molecule has 0 atom stereocenters. The highest BCUT2D eigenvalue weighted by molar-refractivity contribution is 5.97. The quantitative estimate of drug-likeness (QED) is 0.319. The van der Waals surface area contributed by atoms with Crippen LogP contribution in [-0.4, -0.2) is 35.0 Å². The number of ketones is 1. The second kappa shape index (κ2) is 15.1. The number of carbonyl (C=O) groups is 1. The molecule has 0 saturated heterocycles. The predicted octanol–water partition coefficient (Wildman–Crippen LogP) is 7.01. The second-order valence-corrected chi connectivity index (χ2v) is 8.49. The van der Waals surface area contributed by atoms with Crippen molar-refractivity contribution in [2.24, 2.45) is 0 Å². The maximum absolute atomic E-state index is 12.1. The van der Waals surface area contributed by atoms with Gasteiger partial charge in [-0.05, 0) is 62.4 Å². The SMILES string of the molecule is C/C=C(/C(C)=O)C1=C(C)CN(Cc2cnc(N)c(C=N)c2)CC1.CC.CCc1cccc(C(F)(F)F)c1. The number of alkyl halides is 3. The molecule has 2 heterocycles. The number of nitrogens with two attached hydrogens (primary N) is 1. The zero-order valence-corrected chi connectivity index (χ0v) is 22.7. The molecule has 1 aromatic carbocycles. The number of pyridine rings is 1. The van der Waals surface area contributed by atoms with E-state index in [-0.39, 0.29) is 5.78 Å². The van der Waals surface area contributed by atoms with Crippen LogP contribution in [0.5, 0.6) is 0 Å². The summed E-state index contributed by atoms with van der Waals surface area (Å²) < 4.78 is 36.3. The molecule has 2 aromatic rings. The molecule has 3 rings (SSSR count). The maximum atomic E-state index is 12.1. The highest BCUT2D eigenvalue weighted by Gasteiger charge is 2.30. The molecule has 0 radical (unpaired) electrons. The van der Waals surface area contributed by atoms with E-state index in [1.807, 2.05) is 39.8 Å². The summed E-state index contributed by atoms with van der Waals surface area (Å²) in [6.07, 6.45) is 2.21. The Morgan fingerprint density at radius 1 is 1.22 bits per heavy atom. The van der Waals surface area contributed by atoms with E-state index in [0.717, 1.165) is 43.3 Å². The fraction of sp³-hybridized carbons (Fsp3) is 0.414. The molecule has 0 saturated carbocycles. The van der Waals surface area contributed by atoms with E-state index in [0.29, 0.717) is 23.4 Å². The van der Waals surface area contributed by atoms with Crippen molar-refractivity contribution in [1.29, 1.82) is 5.41 Å². The number of allylic oxidation sites excluding steroid dienone is 2. The maximum Gasteiger partial charge on any atom is 0.416 e. The van der Waals surface area contributed by atoms with Crippen LogP contribution in [0, 0.1) is 5.41 Å². The van der Waals surface area contributed by atoms with Gasteiger partial charge in [0.1, 0.15) is 5.82 Å². The lowest BCUT2D eigenvalue weighted by atomic mass is 9.91. The number of anilines is 1. The Morgan fingerprint density at radius 3 is 2.41 bits per heavy atom. The third kappa shape index (κ3) is 9.61. The Hall–Kier alpha value is -3.26. The monoisotopic (exact) mass is 516 g/mol. The number of nitrogen functional groups attached to an aromatic ring is 1. The van der Waals surface area contributed by atoms with Crippen molar-refractivity contribution >= 4 is 17.8 Å². The van der Waals surface area contributed by atoms with Crippen LogP contribution in [-0.2, 0) is 23.9 Å². The van der Waals surface area contributed by atoms with E-state index >= 15 is 0 Å². The van der Waals surface area contributed by atoms with Crippen molar-refractivity contribution in [1.82, 2.24) is 9.88 Å². The fourth-order valence-electron chi connectivity index (χ4n) is 4.05. The van der Waals surface area contributed by atoms with E-state index in [1.54, 1.807) is 19.2 Å². The van der Waals surface area contributed by atoms with Crippen LogP contribution in [0.4, 0.5) is 19.0 Å². The van der Waals surface area contributed by atoms with Crippen LogP contribution in [0.1, 0.15) is 70.2 Å². The summed E-state index contributed by atoms with van der Waals surface area (Å²) in [5.74, 6) is 0.522. The van der Waals surface area contributed by atoms with Crippen molar-refractivity contribution in [2.75, 3.05) is 18.8 Å². The fourth-order valence-corrected chi connectivity index (χ4v) is 4.05.